The molecule has 29 heavy (non-hydrogen) atoms. The zero-order valence-corrected chi connectivity index (χ0v) is 17.4. The molecule has 4 heteroatoms. The average molecular weight is 395 g/mol. The first kappa shape index (κ1) is 20.2. The van der Waals surface area contributed by atoms with Crippen LogP contribution in [0.25, 0.3) is 0 Å². The Kier molecular flexibility index (Phi) is 6.73. The van der Waals surface area contributed by atoms with Gasteiger partial charge in [-0.2, -0.15) is 0 Å². The predicted octanol–water partition coefficient (Wildman–Crippen LogP) is 4.99. The van der Waals surface area contributed by atoms with E-state index in [9.17, 15) is 0 Å². The number of fused-ring (bicyclic) bond motifs is 2. The van der Waals surface area contributed by atoms with Crippen molar-refractivity contribution in [2.75, 3.05) is 13.2 Å². The quantitative estimate of drug-likeness (QED) is 0.619. The van der Waals surface area contributed by atoms with E-state index < -0.39 is 0 Å². The van der Waals surface area contributed by atoms with Crippen molar-refractivity contribution in [3.05, 3.63) is 58.7 Å². The van der Waals surface area contributed by atoms with Crippen LogP contribution in [0, 0.1) is 0 Å². The Labute approximate surface area is 174 Å². The molecule has 2 aromatic rings. The van der Waals surface area contributed by atoms with Crippen molar-refractivity contribution >= 4 is 0 Å². The number of nitrogens with two attached hydrogens (primary N) is 2. The van der Waals surface area contributed by atoms with Gasteiger partial charge in [-0.25, -0.2) is 0 Å². The number of hydrogen-bond donors (Lipinski definition) is 2. The molecule has 2 atom stereocenters. The van der Waals surface area contributed by atoms with Gasteiger partial charge >= 0.3 is 0 Å². The van der Waals surface area contributed by atoms with Crippen molar-refractivity contribution in [3.8, 4) is 11.5 Å². The van der Waals surface area contributed by atoms with Gasteiger partial charge in [0, 0.05) is 12.1 Å². The van der Waals surface area contributed by atoms with E-state index in [1.165, 1.54) is 22.3 Å². The van der Waals surface area contributed by atoms with Crippen LogP contribution in [0.15, 0.2) is 36.4 Å². The molecule has 0 amide bonds. The summed E-state index contributed by atoms with van der Waals surface area (Å²) in [5.74, 6) is 2.06. The molecule has 0 spiro atoms. The van der Waals surface area contributed by atoms with Gasteiger partial charge in [-0.3, -0.25) is 0 Å². The van der Waals surface area contributed by atoms with Crippen LogP contribution in [0.5, 0.6) is 11.5 Å². The lowest BCUT2D eigenvalue weighted by molar-refractivity contribution is 0.275. The Morgan fingerprint density at radius 3 is 1.66 bits per heavy atom. The smallest absolute Gasteiger partial charge is 0.122 e. The van der Waals surface area contributed by atoms with Crippen LogP contribution >= 0.6 is 0 Å². The summed E-state index contributed by atoms with van der Waals surface area (Å²) in [5.41, 5.74) is 17.7. The summed E-state index contributed by atoms with van der Waals surface area (Å²) >= 11 is 0. The van der Waals surface area contributed by atoms with E-state index in [1.807, 2.05) is 0 Å². The summed E-state index contributed by atoms with van der Waals surface area (Å²) in [4.78, 5) is 0. The molecule has 0 bridgehead atoms. The minimum Gasteiger partial charge on any atom is -0.493 e. The van der Waals surface area contributed by atoms with E-state index in [-0.39, 0.29) is 12.1 Å². The summed E-state index contributed by atoms with van der Waals surface area (Å²) < 4.78 is 12.2. The molecule has 156 valence electrons. The average Bonchev–Trinajstić information content (AvgIpc) is 2.74. The van der Waals surface area contributed by atoms with Gasteiger partial charge in [0.05, 0.1) is 13.2 Å². The highest BCUT2D eigenvalue weighted by Crippen LogP contribution is 2.35. The predicted molar refractivity (Wildman–Crippen MR) is 117 cm³/mol. The third-order valence-corrected chi connectivity index (χ3v) is 6.33. The van der Waals surface area contributed by atoms with E-state index in [0.717, 1.165) is 82.5 Å². The van der Waals surface area contributed by atoms with Crippen molar-refractivity contribution in [1.82, 2.24) is 0 Å². The van der Waals surface area contributed by atoms with Crippen LogP contribution in [0.1, 0.15) is 79.3 Å². The molecule has 0 aliphatic heterocycles. The highest BCUT2D eigenvalue weighted by atomic mass is 16.5. The fourth-order valence-corrected chi connectivity index (χ4v) is 4.72. The highest BCUT2D eigenvalue weighted by Gasteiger charge is 2.20. The number of rotatable bonds is 8. The molecule has 0 fully saturated rings. The van der Waals surface area contributed by atoms with Crippen LogP contribution in [-0.2, 0) is 12.8 Å². The third-order valence-electron chi connectivity index (χ3n) is 6.33. The van der Waals surface area contributed by atoms with Crippen LogP contribution in [0.4, 0.5) is 0 Å². The Bertz CT molecular complexity index is 753. The monoisotopic (exact) mass is 394 g/mol. The maximum atomic E-state index is 6.25. The third kappa shape index (κ3) is 4.76. The van der Waals surface area contributed by atoms with Crippen molar-refractivity contribution in [3.63, 3.8) is 0 Å². The molecule has 0 aromatic heterocycles. The second-order valence-electron chi connectivity index (χ2n) is 8.40. The van der Waals surface area contributed by atoms with Gasteiger partial charge in [-0.15, -0.1) is 0 Å². The Balaban J connectivity index is 1.19. The molecule has 2 aromatic carbocycles. The Morgan fingerprint density at radius 2 is 1.17 bits per heavy atom. The first-order chi connectivity index (χ1) is 14.2. The zero-order chi connectivity index (χ0) is 20.1. The molecule has 4 rings (SSSR count). The first-order valence-corrected chi connectivity index (χ1v) is 11.2. The molecule has 0 saturated heterocycles. The van der Waals surface area contributed by atoms with Gasteiger partial charge in [0.25, 0.3) is 0 Å². The minimum absolute atomic E-state index is 0.165. The van der Waals surface area contributed by atoms with Gasteiger partial charge in [0.2, 0.25) is 0 Å². The second kappa shape index (κ2) is 9.64. The van der Waals surface area contributed by atoms with Gasteiger partial charge in [-0.05, 0) is 92.2 Å². The molecule has 0 radical (unpaired) electrons. The van der Waals surface area contributed by atoms with Crippen molar-refractivity contribution in [2.45, 2.75) is 69.9 Å². The zero-order valence-electron chi connectivity index (χ0n) is 17.4. The molecule has 2 aliphatic rings. The molecule has 0 unspecified atom stereocenters. The van der Waals surface area contributed by atoms with E-state index >= 15 is 0 Å². The normalized spacial score (nSPS) is 20.6. The van der Waals surface area contributed by atoms with Gasteiger partial charge in [-0.1, -0.05) is 24.3 Å². The Morgan fingerprint density at radius 1 is 0.690 bits per heavy atom. The SMILES string of the molecule is N[C@@H]1CCCc2c(OCCCCCOc3cccc4c3CCC[C@H]4N)cccc21. The second-order valence-corrected chi connectivity index (χ2v) is 8.40. The number of unbranched alkanes of at least 4 members (excludes halogenated alkanes) is 2. The van der Waals surface area contributed by atoms with Crippen LogP contribution in [0.2, 0.25) is 0 Å². The maximum absolute atomic E-state index is 6.25. The molecule has 0 saturated carbocycles. The van der Waals surface area contributed by atoms with E-state index in [1.54, 1.807) is 0 Å². The van der Waals surface area contributed by atoms with Crippen LogP contribution in [-0.4, -0.2) is 13.2 Å². The Hall–Kier alpha value is -2.04. The highest BCUT2D eigenvalue weighted by molar-refractivity contribution is 5.44. The van der Waals surface area contributed by atoms with Crippen molar-refractivity contribution < 1.29 is 9.47 Å². The van der Waals surface area contributed by atoms with Crippen molar-refractivity contribution in [1.29, 1.82) is 0 Å². The minimum atomic E-state index is 0.165. The molecule has 4 N–H and O–H groups in total. The van der Waals surface area contributed by atoms with Crippen LogP contribution < -0.4 is 20.9 Å². The largest absolute Gasteiger partial charge is 0.493 e. The number of ether oxygens (including phenoxy) is 2. The molecule has 4 nitrogen and oxygen atoms in total. The molecule has 2 aliphatic carbocycles. The molecule has 0 heterocycles. The molecular formula is C25H34N2O2. The summed E-state index contributed by atoms with van der Waals surface area (Å²) in [6.45, 7) is 1.50. The van der Waals surface area contributed by atoms with Gasteiger partial charge in [0.15, 0.2) is 0 Å². The fourth-order valence-electron chi connectivity index (χ4n) is 4.72. The number of benzene rings is 2. The molecular weight excluding hydrogens is 360 g/mol. The standard InChI is InChI=1S/C25H34N2O2/c26-22-12-4-10-20-18(22)8-6-14-24(20)28-16-2-1-3-17-29-25-15-7-9-19-21(25)11-5-13-23(19)27/h6-9,14-15,22-23H,1-5,10-13,16-17,26-27H2/t22-,23-/m1/s1. The summed E-state index contributed by atoms with van der Waals surface area (Å²) in [6.07, 6.45) is 9.80. The van der Waals surface area contributed by atoms with E-state index in [2.05, 4.69) is 36.4 Å². The lowest BCUT2D eigenvalue weighted by Crippen LogP contribution is -2.18. The van der Waals surface area contributed by atoms with Gasteiger partial charge < -0.3 is 20.9 Å². The van der Waals surface area contributed by atoms with E-state index in [0.29, 0.717) is 0 Å². The first-order valence-electron chi connectivity index (χ1n) is 11.2. The summed E-state index contributed by atoms with van der Waals surface area (Å²) in [7, 11) is 0. The fraction of sp³-hybridized carbons (Fsp3) is 0.520. The van der Waals surface area contributed by atoms with E-state index in [4.69, 9.17) is 20.9 Å². The van der Waals surface area contributed by atoms with Crippen molar-refractivity contribution in [2.24, 2.45) is 11.5 Å². The van der Waals surface area contributed by atoms with Gasteiger partial charge in [0.1, 0.15) is 11.5 Å². The summed E-state index contributed by atoms with van der Waals surface area (Å²) in [6, 6.07) is 12.9. The topological polar surface area (TPSA) is 70.5 Å². The lowest BCUT2D eigenvalue weighted by atomic mass is 9.87. The summed E-state index contributed by atoms with van der Waals surface area (Å²) in [5, 5.41) is 0. The van der Waals surface area contributed by atoms with Crippen LogP contribution in [0.3, 0.4) is 0 Å². The maximum Gasteiger partial charge on any atom is 0.122 e. The lowest BCUT2D eigenvalue weighted by Gasteiger charge is -2.24. The number of hydrogen-bond acceptors (Lipinski definition) is 4.